The molecule has 0 saturated heterocycles. The Balaban J connectivity index is 1.39. The summed E-state index contributed by atoms with van der Waals surface area (Å²) >= 11 is 5.88. The normalized spacial score (nSPS) is 13.4. The van der Waals surface area contributed by atoms with Crippen molar-refractivity contribution >= 4 is 29.5 Å². The maximum absolute atomic E-state index is 11.9. The van der Waals surface area contributed by atoms with E-state index < -0.39 is 0 Å². The van der Waals surface area contributed by atoms with Gasteiger partial charge in [0.25, 0.3) is 5.91 Å². The zero-order valence-corrected chi connectivity index (χ0v) is 15.5. The second-order valence-electron chi connectivity index (χ2n) is 6.30. The molecular formula is C21H21ClN2O3. The third kappa shape index (κ3) is 6.46. The first kappa shape index (κ1) is 19.0. The molecule has 0 aromatic heterocycles. The predicted octanol–water partition coefficient (Wildman–Crippen LogP) is 3.44. The zero-order valence-electron chi connectivity index (χ0n) is 14.8. The Hall–Kier alpha value is -2.79. The van der Waals surface area contributed by atoms with Crippen LogP contribution in [0.4, 0.5) is 0 Å². The topological polar surface area (TPSA) is 67.4 Å². The largest absolute Gasteiger partial charge is 0.492 e. The highest BCUT2D eigenvalue weighted by Crippen LogP contribution is 2.19. The summed E-state index contributed by atoms with van der Waals surface area (Å²) in [6, 6.07) is 14.6. The molecule has 140 valence electrons. The Bertz CT molecular complexity index is 830. The number of rotatable bonds is 8. The van der Waals surface area contributed by atoms with Crippen molar-refractivity contribution in [3.63, 3.8) is 0 Å². The van der Waals surface area contributed by atoms with Crippen LogP contribution in [0.15, 0.2) is 54.6 Å². The van der Waals surface area contributed by atoms with E-state index in [-0.39, 0.29) is 11.8 Å². The van der Waals surface area contributed by atoms with Crippen LogP contribution < -0.4 is 15.4 Å². The summed E-state index contributed by atoms with van der Waals surface area (Å²) in [5, 5.41) is 6.30. The van der Waals surface area contributed by atoms with E-state index in [4.69, 9.17) is 16.3 Å². The standard InChI is InChI=1S/C21H21ClN2O3/c22-17-2-1-3-19(14-17)27-13-12-23-20(25)11-6-15-4-7-16(8-5-15)21(26)24-18-9-10-18/h1-8,11,14,18H,9-10,12-13H2,(H,23,25)(H,24,26). The van der Waals surface area contributed by atoms with Gasteiger partial charge in [0.15, 0.2) is 0 Å². The fourth-order valence-electron chi connectivity index (χ4n) is 2.37. The van der Waals surface area contributed by atoms with E-state index in [1.165, 1.54) is 6.08 Å². The molecule has 27 heavy (non-hydrogen) atoms. The first-order chi connectivity index (χ1) is 13.1. The van der Waals surface area contributed by atoms with Crippen LogP contribution in [0.2, 0.25) is 5.02 Å². The smallest absolute Gasteiger partial charge is 0.251 e. The van der Waals surface area contributed by atoms with E-state index in [2.05, 4.69) is 10.6 Å². The molecule has 1 fully saturated rings. The van der Waals surface area contributed by atoms with Crippen LogP contribution in [0.3, 0.4) is 0 Å². The van der Waals surface area contributed by atoms with E-state index in [0.29, 0.717) is 35.5 Å². The lowest BCUT2D eigenvalue weighted by atomic mass is 10.1. The van der Waals surface area contributed by atoms with Gasteiger partial charge in [-0.1, -0.05) is 29.8 Å². The Morgan fingerprint density at radius 3 is 2.63 bits per heavy atom. The minimum atomic E-state index is -0.208. The highest BCUT2D eigenvalue weighted by atomic mass is 35.5. The van der Waals surface area contributed by atoms with E-state index in [9.17, 15) is 9.59 Å². The fourth-order valence-corrected chi connectivity index (χ4v) is 2.55. The van der Waals surface area contributed by atoms with Crippen LogP contribution in [-0.2, 0) is 4.79 Å². The average molecular weight is 385 g/mol. The first-order valence-electron chi connectivity index (χ1n) is 8.85. The van der Waals surface area contributed by atoms with Gasteiger partial charge in [-0.15, -0.1) is 0 Å². The van der Waals surface area contributed by atoms with Crippen molar-refractivity contribution in [2.45, 2.75) is 18.9 Å². The minimum absolute atomic E-state index is 0.0505. The first-order valence-corrected chi connectivity index (χ1v) is 9.23. The molecule has 0 heterocycles. The SMILES string of the molecule is O=C(C=Cc1ccc(C(=O)NC2CC2)cc1)NCCOc1cccc(Cl)c1. The van der Waals surface area contributed by atoms with Crippen LogP contribution in [0.1, 0.15) is 28.8 Å². The van der Waals surface area contributed by atoms with Gasteiger partial charge >= 0.3 is 0 Å². The van der Waals surface area contributed by atoms with Crippen molar-refractivity contribution in [1.82, 2.24) is 10.6 Å². The lowest BCUT2D eigenvalue weighted by Gasteiger charge is -2.06. The zero-order chi connectivity index (χ0) is 19.1. The molecule has 0 atom stereocenters. The van der Waals surface area contributed by atoms with Gasteiger partial charge in [0.05, 0.1) is 6.54 Å². The molecule has 2 amide bonds. The van der Waals surface area contributed by atoms with Crippen molar-refractivity contribution in [1.29, 1.82) is 0 Å². The molecule has 3 rings (SSSR count). The summed E-state index contributed by atoms with van der Waals surface area (Å²) in [7, 11) is 0. The highest BCUT2D eigenvalue weighted by Gasteiger charge is 2.23. The minimum Gasteiger partial charge on any atom is -0.492 e. The number of benzene rings is 2. The number of hydrogen-bond acceptors (Lipinski definition) is 3. The summed E-state index contributed by atoms with van der Waals surface area (Å²) in [5.41, 5.74) is 1.48. The molecule has 0 spiro atoms. The third-order valence-electron chi connectivity index (χ3n) is 3.98. The van der Waals surface area contributed by atoms with Crippen LogP contribution in [0, 0.1) is 0 Å². The Labute approximate surface area is 163 Å². The van der Waals surface area contributed by atoms with Gasteiger partial charge in [-0.2, -0.15) is 0 Å². The van der Waals surface area contributed by atoms with Crippen molar-refractivity contribution < 1.29 is 14.3 Å². The maximum Gasteiger partial charge on any atom is 0.251 e. The predicted molar refractivity (Wildman–Crippen MR) is 106 cm³/mol. The summed E-state index contributed by atoms with van der Waals surface area (Å²) in [6.07, 6.45) is 5.28. The highest BCUT2D eigenvalue weighted by molar-refractivity contribution is 6.30. The molecule has 0 unspecified atom stereocenters. The lowest BCUT2D eigenvalue weighted by Crippen LogP contribution is -2.26. The molecule has 1 saturated carbocycles. The van der Waals surface area contributed by atoms with Gasteiger partial charge in [-0.25, -0.2) is 0 Å². The van der Waals surface area contributed by atoms with Gasteiger partial charge in [0.1, 0.15) is 12.4 Å². The van der Waals surface area contributed by atoms with Crippen LogP contribution >= 0.6 is 11.6 Å². The molecule has 0 bridgehead atoms. The summed E-state index contributed by atoms with van der Waals surface area (Å²) < 4.78 is 5.51. The molecule has 2 aromatic carbocycles. The number of ether oxygens (including phenoxy) is 1. The van der Waals surface area contributed by atoms with Crippen molar-refractivity contribution in [2.75, 3.05) is 13.2 Å². The van der Waals surface area contributed by atoms with Crippen molar-refractivity contribution in [3.8, 4) is 5.75 Å². The number of amides is 2. The van der Waals surface area contributed by atoms with Crippen LogP contribution in [0.5, 0.6) is 5.75 Å². The number of halogens is 1. The molecule has 1 aliphatic carbocycles. The van der Waals surface area contributed by atoms with E-state index in [0.717, 1.165) is 18.4 Å². The monoisotopic (exact) mass is 384 g/mol. The molecular weight excluding hydrogens is 364 g/mol. The second-order valence-corrected chi connectivity index (χ2v) is 6.74. The summed E-state index contributed by atoms with van der Waals surface area (Å²) in [5.74, 6) is 0.406. The number of carbonyl (C=O) groups excluding carboxylic acids is 2. The van der Waals surface area contributed by atoms with Gasteiger partial charge < -0.3 is 15.4 Å². The van der Waals surface area contributed by atoms with E-state index >= 15 is 0 Å². The molecule has 2 N–H and O–H groups in total. The van der Waals surface area contributed by atoms with Gasteiger partial charge in [-0.3, -0.25) is 9.59 Å². The summed E-state index contributed by atoms with van der Waals surface area (Å²) in [6.45, 7) is 0.737. The number of nitrogens with one attached hydrogen (secondary N) is 2. The van der Waals surface area contributed by atoms with Gasteiger partial charge in [-0.05, 0) is 54.8 Å². The van der Waals surface area contributed by atoms with Gasteiger partial charge in [0.2, 0.25) is 5.91 Å². The lowest BCUT2D eigenvalue weighted by molar-refractivity contribution is -0.116. The van der Waals surface area contributed by atoms with Crippen molar-refractivity contribution in [3.05, 3.63) is 70.8 Å². The molecule has 0 radical (unpaired) electrons. The second kappa shape index (κ2) is 9.24. The molecule has 1 aliphatic rings. The quantitative estimate of drug-likeness (QED) is 0.541. The average Bonchev–Trinajstić information content (AvgIpc) is 3.48. The van der Waals surface area contributed by atoms with E-state index in [1.807, 2.05) is 18.2 Å². The van der Waals surface area contributed by atoms with E-state index in [1.54, 1.807) is 36.4 Å². The Morgan fingerprint density at radius 1 is 1.15 bits per heavy atom. The third-order valence-corrected chi connectivity index (χ3v) is 4.21. The van der Waals surface area contributed by atoms with Gasteiger partial charge in [0, 0.05) is 22.7 Å². The number of carbonyl (C=O) groups is 2. The van der Waals surface area contributed by atoms with Crippen LogP contribution in [-0.4, -0.2) is 31.0 Å². The maximum atomic E-state index is 11.9. The summed E-state index contributed by atoms with van der Waals surface area (Å²) in [4.78, 5) is 23.8. The fraction of sp³-hybridized carbons (Fsp3) is 0.238. The Kier molecular flexibility index (Phi) is 6.49. The molecule has 2 aromatic rings. The van der Waals surface area contributed by atoms with Crippen molar-refractivity contribution in [2.24, 2.45) is 0 Å². The van der Waals surface area contributed by atoms with Crippen LogP contribution in [0.25, 0.3) is 6.08 Å². The molecule has 6 heteroatoms. The Morgan fingerprint density at radius 2 is 1.93 bits per heavy atom. The number of hydrogen-bond donors (Lipinski definition) is 2. The molecule has 0 aliphatic heterocycles. The molecule has 5 nitrogen and oxygen atoms in total.